The molecule has 0 saturated heterocycles. The van der Waals surface area contributed by atoms with Gasteiger partial charge in [0.25, 0.3) is 0 Å². The molecule has 1 atom stereocenters. The maximum absolute atomic E-state index is 11.0. The molecule has 0 aliphatic heterocycles. The molecule has 2 rings (SSSR count). The molecule has 2 N–H and O–H groups in total. The summed E-state index contributed by atoms with van der Waals surface area (Å²) in [5, 5.41) is 16.9. The van der Waals surface area contributed by atoms with Crippen LogP contribution >= 0.6 is 11.6 Å². The monoisotopic (exact) mass is 476 g/mol. The number of benzene rings is 1. The van der Waals surface area contributed by atoms with E-state index in [1.54, 1.807) is 26.8 Å². The zero-order valence-electron chi connectivity index (χ0n) is 19.6. The van der Waals surface area contributed by atoms with Crippen LogP contribution in [0.5, 0.6) is 0 Å². The van der Waals surface area contributed by atoms with Crippen molar-refractivity contribution >= 4 is 28.8 Å². The molecule has 6 nitrogen and oxygen atoms in total. The number of rotatable bonds is 4. The molecule has 0 bridgehead atoms. The van der Waals surface area contributed by atoms with Crippen LogP contribution in [0.1, 0.15) is 58.9 Å². The van der Waals surface area contributed by atoms with Gasteiger partial charge in [0.05, 0.1) is 0 Å². The van der Waals surface area contributed by atoms with Crippen molar-refractivity contribution in [1.82, 2.24) is 0 Å². The van der Waals surface area contributed by atoms with Gasteiger partial charge in [-0.3, -0.25) is 4.79 Å². The lowest BCUT2D eigenvalue weighted by molar-refractivity contribution is -0.138. The molecule has 0 radical (unpaired) electrons. The maximum Gasteiger partial charge on any atom is 0.384 e. The summed E-state index contributed by atoms with van der Waals surface area (Å²) < 4.78 is 4.85. The Bertz CT molecular complexity index is 868. The molecule has 1 aliphatic rings. The Morgan fingerprint density at radius 1 is 1.18 bits per heavy atom. The first-order valence-electron chi connectivity index (χ1n) is 10.6. The highest BCUT2D eigenvalue weighted by atomic mass is 35.5. The number of hydrogen-bond acceptors (Lipinski definition) is 5. The van der Waals surface area contributed by atoms with Crippen molar-refractivity contribution in [3.63, 3.8) is 0 Å². The summed E-state index contributed by atoms with van der Waals surface area (Å²) in [4.78, 5) is 31.4. The van der Waals surface area contributed by atoms with Crippen molar-refractivity contribution in [2.24, 2.45) is 5.41 Å². The summed E-state index contributed by atoms with van der Waals surface area (Å²) in [5.41, 5.74) is 1.70. The first-order valence-corrected chi connectivity index (χ1v) is 11.0. The number of esters is 1. The summed E-state index contributed by atoms with van der Waals surface area (Å²) in [6.07, 6.45) is 8.76. The zero-order valence-corrected chi connectivity index (χ0v) is 20.4. The van der Waals surface area contributed by atoms with Gasteiger partial charge in [0.1, 0.15) is 12.7 Å². The minimum atomic E-state index is -0.864. The normalized spacial score (nSPS) is 13.6. The fraction of sp³-hybridized carbons (Fsp3) is 0.423. The number of hydrogen-bond donors (Lipinski definition) is 2. The molecular formula is C26H33ClO6. The van der Waals surface area contributed by atoms with Gasteiger partial charge in [0.2, 0.25) is 5.24 Å². The lowest BCUT2D eigenvalue weighted by Crippen LogP contribution is -2.13. The molecule has 1 aromatic rings. The van der Waals surface area contributed by atoms with Gasteiger partial charge < -0.3 is 14.9 Å². The molecule has 0 spiro atoms. The second kappa shape index (κ2) is 16.7. The van der Waals surface area contributed by atoms with Crippen LogP contribution in [0.15, 0.2) is 54.1 Å². The predicted octanol–water partition coefficient (Wildman–Crippen LogP) is 5.04. The number of carbonyl (C=O) groups is 3. The molecule has 0 saturated carbocycles. The third-order valence-electron chi connectivity index (χ3n) is 3.95. The Labute approximate surface area is 201 Å². The van der Waals surface area contributed by atoms with Crippen molar-refractivity contribution in [3.05, 3.63) is 59.7 Å². The SMILES string of the molecule is CC(C)(C)C(=O)Cl.C[C@@H](O)C#CC(=O)OCc1ccccc1.O=C(O)/C=C/C1=CCCCC1. The van der Waals surface area contributed by atoms with Crippen LogP contribution in [0.2, 0.25) is 0 Å². The van der Waals surface area contributed by atoms with Crippen LogP contribution < -0.4 is 0 Å². The van der Waals surface area contributed by atoms with E-state index >= 15 is 0 Å². The van der Waals surface area contributed by atoms with Crippen molar-refractivity contribution in [2.45, 2.75) is 66.1 Å². The predicted molar refractivity (Wildman–Crippen MR) is 129 cm³/mol. The van der Waals surface area contributed by atoms with Crippen LogP contribution in [-0.2, 0) is 25.7 Å². The van der Waals surface area contributed by atoms with Crippen molar-refractivity contribution < 1.29 is 29.3 Å². The van der Waals surface area contributed by atoms with Crippen LogP contribution in [0.25, 0.3) is 0 Å². The molecule has 0 heterocycles. The second-order valence-corrected chi connectivity index (χ2v) is 8.57. The van der Waals surface area contributed by atoms with Crippen molar-refractivity contribution in [1.29, 1.82) is 0 Å². The molecule has 1 aromatic carbocycles. The molecule has 180 valence electrons. The van der Waals surface area contributed by atoms with Gasteiger partial charge in [0.15, 0.2) is 0 Å². The topological polar surface area (TPSA) is 101 Å². The number of aliphatic hydroxyl groups is 1. The Kier molecular flexibility index (Phi) is 15.3. The van der Waals surface area contributed by atoms with Gasteiger partial charge in [-0.1, -0.05) is 74.7 Å². The molecule has 7 heteroatoms. The van der Waals surface area contributed by atoms with E-state index in [-0.39, 0.29) is 17.3 Å². The molecule has 33 heavy (non-hydrogen) atoms. The summed E-state index contributed by atoms with van der Waals surface area (Å²) in [5.74, 6) is 3.01. The molecular weight excluding hydrogens is 444 g/mol. The Morgan fingerprint density at radius 2 is 1.79 bits per heavy atom. The van der Waals surface area contributed by atoms with E-state index < -0.39 is 18.0 Å². The minimum Gasteiger partial charge on any atom is -0.478 e. The van der Waals surface area contributed by atoms with Crippen LogP contribution in [0, 0.1) is 17.3 Å². The number of aliphatic hydroxyl groups excluding tert-OH is 1. The van der Waals surface area contributed by atoms with Gasteiger partial charge in [-0.2, -0.15) is 0 Å². The Morgan fingerprint density at radius 3 is 2.24 bits per heavy atom. The smallest absolute Gasteiger partial charge is 0.384 e. The van der Waals surface area contributed by atoms with Gasteiger partial charge in [-0.15, -0.1) is 0 Å². The standard InChI is InChI=1S/C12H12O3.C9H12O2.C5H9ClO/c1-10(13)7-8-12(14)15-9-11-5-3-2-4-6-11;10-9(11)7-6-8-4-2-1-3-5-8;1-5(2,3)4(6)7/h2-6,10,13H,9H2,1H3;4,6-7H,1-3,5H2,(H,10,11);1-3H3/b;7-6+;/t10-;;/m1../s1. The molecule has 1 aliphatic carbocycles. The highest BCUT2D eigenvalue weighted by molar-refractivity contribution is 6.64. The highest BCUT2D eigenvalue weighted by Gasteiger charge is 2.17. The van der Waals surface area contributed by atoms with E-state index in [0.29, 0.717) is 0 Å². The van der Waals surface area contributed by atoms with Crippen LogP contribution in [0.4, 0.5) is 0 Å². The number of carboxylic acid groups (broad SMARTS) is 1. The van der Waals surface area contributed by atoms with Gasteiger partial charge >= 0.3 is 11.9 Å². The summed E-state index contributed by atoms with van der Waals surface area (Å²) in [6.45, 7) is 7.03. The van der Waals surface area contributed by atoms with Crippen LogP contribution in [0.3, 0.4) is 0 Å². The molecule has 0 amide bonds. The van der Waals surface area contributed by atoms with E-state index in [0.717, 1.165) is 18.4 Å². The number of halogens is 1. The Hall–Kier alpha value is -2.88. The maximum atomic E-state index is 11.0. The zero-order chi connectivity index (χ0) is 25.3. The largest absolute Gasteiger partial charge is 0.478 e. The summed E-state index contributed by atoms with van der Waals surface area (Å²) >= 11 is 5.11. The number of carbonyl (C=O) groups excluding carboxylic acids is 2. The summed E-state index contributed by atoms with van der Waals surface area (Å²) in [7, 11) is 0. The number of aliphatic carboxylic acids is 1. The third-order valence-corrected chi connectivity index (χ3v) is 4.52. The van der Waals surface area contributed by atoms with E-state index in [4.69, 9.17) is 26.6 Å². The Balaban J connectivity index is 0.000000501. The highest BCUT2D eigenvalue weighted by Crippen LogP contribution is 2.18. The second-order valence-electron chi connectivity index (χ2n) is 8.23. The molecule has 0 unspecified atom stereocenters. The van der Waals surface area contributed by atoms with Crippen molar-refractivity contribution in [2.75, 3.05) is 0 Å². The number of allylic oxidation sites excluding steroid dienone is 3. The van der Waals surface area contributed by atoms with Gasteiger partial charge in [-0.05, 0) is 49.8 Å². The first kappa shape index (κ1) is 30.1. The van der Waals surface area contributed by atoms with Gasteiger partial charge in [0, 0.05) is 17.4 Å². The van der Waals surface area contributed by atoms with Crippen LogP contribution in [-0.4, -0.2) is 33.5 Å². The number of carboxylic acids is 1. The minimum absolute atomic E-state index is 0.203. The fourth-order valence-corrected chi connectivity index (χ4v) is 2.12. The van der Waals surface area contributed by atoms with Gasteiger partial charge in [-0.25, -0.2) is 9.59 Å². The number of ether oxygens (including phenoxy) is 1. The average Bonchev–Trinajstić information content (AvgIpc) is 2.76. The lowest BCUT2D eigenvalue weighted by atomic mass is 9.99. The van der Waals surface area contributed by atoms with E-state index in [1.165, 1.54) is 31.4 Å². The third kappa shape index (κ3) is 18.4. The average molecular weight is 477 g/mol. The quantitative estimate of drug-likeness (QED) is 0.207. The first-order chi connectivity index (χ1) is 15.4. The van der Waals surface area contributed by atoms with E-state index in [1.807, 2.05) is 30.3 Å². The summed E-state index contributed by atoms with van der Waals surface area (Å²) in [6, 6.07) is 9.33. The van der Waals surface area contributed by atoms with E-state index in [9.17, 15) is 14.4 Å². The van der Waals surface area contributed by atoms with E-state index in [2.05, 4.69) is 17.9 Å². The fourth-order valence-electron chi connectivity index (χ4n) is 2.12. The lowest BCUT2D eigenvalue weighted by Gasteiger charge is -2.08. The molecule has 0 fully saturated rings. The van der Waals surface area contributed by atoms with Crippen molar-refractivity contribution in [3.8, 4) is 11.8 Å². The molecule has 0 aromatic heterocycles.